The zero-order valence-corrected chi connectivity index (χ0v) is 13.8. The van der Waals surface area contributed by atoms with Gasteiger partial charge in [0.05, 0.1) is 6.10 Å². The minimum Gasteiger partial charge on any atom is -0.387 e. The van der Waals surface area contributed by atoms with Gasteiger partial charge < -0.3 is 10.0 Å². The number of anilines is 1. The third kappa shape index (κ3) is 4.66. The molecule has 0 aliphatic rings. The van der Waals surface area contributed by atoms with E-state index < -0.39 is 6.10 Å². The number of aromatic nitrogens is 2. The Morgan fingerprint density at radius 2 is 1.68 bits per heavy atom. The molecule has 1 N–H and O–H groups in total. The first-order valence-electron chi connectivity index (χ1n) is 7.06. The SMILES string of the molecule is CN(Cc1cnc(N(C)C)nc1)CC(O)c1ccc(Cl)cc1. The highest BCUT2D eigenvalue weighted by Crippen LogP contribution is 2.17. The summed E-state index contributed by atoms with van der Waals surface area (Å²) in [6.45, 7) is 1.20. The van der Waals surface area contributed by atoms with E-state index in [-0.39, 0.29) is 0 Å². The maximum absolute atomic E-state index is 10.3. The monoisotopic (exact) mass is 320 g/mol. The summed E-state index contributed by atoms with van der Waals surface area (Å²) in [4.78, 5) is 12.5. The van der Waals surface area contributed by atoms with Crippen LogP contribution in [-0.2, 0) is 6.54 Å². The van der Waals surface area contributed by atoms with Crippen LogP contribution in [0.1, 0.15) is 17.2 Å². The van der Waals surface area contributed by atoms with E-state index in [2.05, 4.69) is 9.97 Å². The van der Waals surface area contributed by atoms with Crippen LogP contribution in [0.2, 0.25) is 5.02 Å². The van der Waals surface area contributed by atoms with Crippen molar-refractivity contribution in [3.8, 4) is 0 Å². The quantitative estimate of drug-likeness (QED) is 0.885. The Hall–Kier alpha value is -1.69. The summed E-state index contributed by atoms with van der Waals surface area (Å²) in [6.07, 6.45) is 3.07. The van der Waals surface area contributed by atoms with Gasteiger partial charge in [-0.1, -0.05) is 23.7 Å². The molecule has 22 heavy (non-hydrogen) atoms. The topological polar surface area (TPSA) is 52.5 Å². The fourth-order valence-electron chi connectivity index (χ4n) is 2.12. The van der Waals surface area contributed by atoms with Crippen LogP contribution >= 0.6 is 11.6 Å². The van der Waals surface area contributed by atoms with E-state index >= 15 is 0 Å². The van der Waals surface area contributed by atoms with Crippen molar-refractivity contribution in [2.75, 3.05) is 32.6 Å². The Balaban J connectivity index is 1.91. The molecule has 0 aliphatic carbocycles. The zero-order chi connectivity index (χ0) is 16.1. The fourth-order valence-corrected chi connectivity index (χ4v) is 2.25. The molecule has 0 radical (unpaired) electrons. The van der Waals surface area contributed by atoms with Crippen molar-refractivity contribution in [1.29, 1.82) is 0 Å². The third-order valence-electron chi connectivity index (χ3n) is 3.28. The summed E-state index contributed by atoms with van der Waals surface area (Å²) in [5, 5.41) is 10.9. The number of rotatable bonds is 6. The summed E-state index contributed by atoms with van der Waals surface area (Å²) < 4.78 is 0. The maximum atomic E-state index is 10.3. The van der Waals surface area contributed by atoms with Gasteiger partial charge in [0.2, 0.25) is 5.95 Å². The van der Waals surface area contributed by atoms with E-state index in [0.717, 1.165) is 11.1 Å². The van der Waals surface area contributed by atoms with Crippen molar-refractivity contribution in [2.45, 2.75) is 12.6 Å². The van der Waals surface area contributed by atoms with E-state index in [0.29, 0.717) is 24.1 Å². The fraction of sp³-hybridized carbons (Fsp3) is 0.375. The lowest BCUT2D eigenvalue weighted by Crippen LogP contribution is -2.24. The molecule has 1 aromatic heterocycles. The van der Waals surface area contributed by atoms with Crippen LogP contribution in [0.3, 0.4) is 0 Å². The van der Waals surface area contributed by atoms with Crippen molar-refractivity contribution < 1.29 is 5.11 Å². The van der Waals surface area contributed by atoms with Gasteiger partial charge in [-0.25, -0.2) is 9.97 Å². The number of nitrogens with zero attached hydrogens (tertiary/aromatic N) is 4. The molecule has 0 saturated heterocycles. The van der Waals surface area contributed by atoms with E-state index in [1.807, 2.05) is 55.5 Å². The molecule has 1 aromatic carbocycles. The minimum absolute atomic E-state index is 0.525. The van der Waals surface area contributed by atoms with E-state index in [4.69, 9.17) is 11.6 Å². The Labute approximate surface area is 136 Å². The van der Waals surface area contributed by atoms with E-state index in [1.165, 1.54) is 0 Å². The van der Waals surface area contributed by atoms with Crippen LogP contribution in [0.4, 0.5) is 5.95 Å². The number of hydrogen-bond acceptors (Lipinski definition) is 5. The van der Waals surface area contributed by atoms with Gasteiger partial charge in [-0.15, -0.1) is 0 Å². The van der Waals surface area contributed by atoms with Gasteiger partial charge >= 0.3 is 0 Å². The number of likely N-dealkylation sites (N-methyl/N-ethyl adjacent to an activating group) is 1. The van der Waals surface area contributed by atoms with Crippen molar-refractivity contribution in [3.63, 3.8) is 0 Å². The van der Waals surface area contributed by atoms with Gasteiger partial charge in [-0.2, -0.15) is 0 Å². The van der Waals surface area contributed by atoms with Crippen LogP contribution in [0.15, 0.2) is 36.7 Å². The van der Waals surface area contributed by atoms with Crippen molar-refractivity contribution in [2.24, 2.45) is 0 Å². The van der Waals surface area contributed by atoms with Gasteiger partial charge in [-0.3, -0.25) is 4.90 Å². The molecule has 2 rings (SSSR count). The first-order valence-corrected chi connectivity index (χ1v) is 7.44. The maximum Gasteiger partial charge on any atom is 0.224 e. The Morgan fingerprint density at radius 3 is 2.23 bits per heavy atom. The number of benzene rings is 1. The van der Waals surface area contributed by atoms with E-state index in [9.17, 15) is 5.11 Å². The highest BCUT2D eigenvalue weighted by molar-refractivity contribution is 6.30. The van der Waals surface area contributed by atoms with Gasteiger partial charge in [0.25, 0.3) is 0 Å². The lowest BCUT2D eigenvalue weighted by Gasteiger charge is -2.21. The Morgan fingerprint density at radius 1 is 1.09 bits per heavy atom. The van der Waals surface area contributed by atoms with Gasteiger partial charge in [0.15, 0.2) is 0 Å². The Bertz CT molecular complexity index is 586. The van der Waals surface area contributed by atoms with Crippen molar-refractivity contribution >= 4 is 17.5 Å². The van der Waals surface area contributed by atoms with Crippen molar-refractivity contribution in [3.05, 3.63) is 52.8 Å². The van der Waals surface area contributed by atoms with Crippen LogP contribution in [0, 0.1) is 0 Å². The van der Waals surface area contributed by atoms with Crippen LogP contribution in [0.5, 0.6) is 0 Å². The first kappa shape index (κ1) is 16.7. The van der Waals surface area contributed by atoms with Crippen LogP contribution in [0.25, 0.3) is 0 Å². The second-order valence-corrected chi connectivity index (χ2v) is 5.99. The van der Waals surface area contributed by atoms with Gasteiger partial charge in [0, 0.05) is 50.2 Å². The Kier molecular flexibility index (Phi) is 5.71. The molecule has 0 aliphatic heterocycles. The molecular weight excluding hydrogens is 300 g/mol. The standard InChI is InChI=1S/C16H21ClN4O/c1-20(2)16-18-8-12(9-19-16)10-21(3)11-15(22)13-4-6-14(17)7-5-13/h4-9,15,22H,10-11H2,1-3H3. The summed E-state index contributed by atoms with van der Waals surface area (Å²) in [6, 6.07) is 7.26. The normalized spacial score (nSPS) is 12.5. The molecule has 1 unspecified atom stereocenters. The molecule has 118 valence electrons. The summed E-state index contributed by atoms with van der Waals surface area (Å²) in [5.74, 6) is 0.688. The molecule has 5 nitrogen and oxygen atoms in total. The second-order valence-electron chi connectivity index (χ2n) is 5.55. The largest absolute Gasteiger partial charge is 0.387 e. The van der Waals surface area contributed by atoms with Gasteiger partial charge in [0.1, 0.15) is 0 Å². The molecule has 0 fully saturated rings. The van der Waals surface area contributed by atoms with Gasteiger partial charge in [-0.05, 0) is 24.7 Å². The summed E-state index contributed by atoms with van der Waals surface area (Å²) in [7, 11) is 5.77. The predicted molar refractivity (Wildman–Crippen MR) is 89.1 cm³/mol. The molecule has 2 aromatic rings. The molecule has 1 atom stereocenters. The summed E-state index contributed by atoms with van der Waals surface area (Å²) >= 11 is 5.85. The molecule has 6 heteroatoms. The number of halogens is 1. The molecule has 0 spiro atoms. The number of aliphatic hydroxyl groups excluding tert-OH is 1. The molecule has 0 saturated carbocycles. The predicted octanol–water partition coefficient (Wildman–Crippen LogP) is 2.36. The average Bonchev–Trinajstić information content (AvgIpc) is 2.48. The highest BCUT2D eigenvalue weighted by atomic mass is 35.5. The highest BCUT2D eigenvalue weighted by Gasteiger charge is 2.11. The molecule has 1 heterocycles. The van der Waals surface area contributed by atoms with Crippen molar-refractivity contribution in [1.82, 2.24) is 14.9 Å². The molecule has 0 bridgehead atoms. The lowest BCUT2D eigenvalue weighted by atomic mass is 10.1. The number of hydrogen-bond donors (Lipinski definition) is 1. The van der Waals surface area contributed by atoms with Crippen LogP contribution in [-0.4, -0.2) is 47.7 Å². The third-order valence-corrected chi connectivity index (χ3v) is 3.54. The lowest BCUT2D eigenvalue weighted by molar-refractivity contribution is 0.123. The first-order chi connectivity index (χ1) is 10.5. The second kappa shape index (κ2) is 7.54. The minimum atomic E-state index is -0.552. The van der Waals surface area contributed by atoms with Crippen LogP contribution < -0.4 is 4.90 Å². The average molecular weight is 321 g/mol. The zero-order valence-electron chi connectivity index (χ0n) is 13.1. The number of aliphatic hydroxyl groups is 1. The van der Waals surface area contributed by atoms with E-state index in [1.54, 1.807) is 12.1 Å². The summed E-state index contributed by atoms with van der Waals surface area (Å²) in [5.41, 5.74) is 1.87. The molecule has 0 amide bonds. The molecular formula is C16H21ClN4O. The smallest absolute Gasteiger partial charge is 0.224 e.